The first kappa shape index (κ1) is 17.9. The van der Waals surface area contributed by atoms with Crippen LogP contribution in [0.5, 0.6) is 5.75 Å². The maximum absolute atomic E-state index is 5.52. The monoisotopic (exact) mass is 378 g/mol. The third-order valence-corrected chi connectivity index (χ3v) is 4.74. The van der Waals surface area contributed by atoms with E-state index in [0.29, 0.717) is 18.8 Å². The predicted octanol–water partition coefficient (Wildman–Crippen LogP) is 2.04. The molecule has 144 valence electrons. The van der Waals surface area contributed by atoms with E-state index >= 15 is 0 Å². The molecule has 9 heteroatoms. The molecule has 0 bridgehead atoms. The maximum Gasteiger partial charge on any atom is 0.172 e. The minimum absolute atomic E-state index is 0.454. The Balaban J connectivity index is 1.68. The van der Waals surface area contributed by atoms with E-state index in [2.05, 4.69) is 27.2 Å². The number of aromatic amines is 1. The van der Waals surface area contributed by atoms with E-state index in [1.54, 1.807) is 18.1 Å². The van der Waals surface area contributed by atoms with Gasteiger partial charge in [-0.1, -0.05) is 12.1 Å². The number of nitrogens with one attached hydrogen (secondary N) is 1. The Bertz CT molecular complexity index is 1060. The van der Waals surface area contributed by atoms with Gasteiger partial charge in [0.05, 0.1) is 12.8 Å². The molecular formula is C19H22N8O. The zero-order valence-corrected chi connectivity index (χ0v) is 16.1. The smallest absolute Gasteiger partial charge is 0.172 e. The number of aryl methyl sites for hydroxylation is 3. The van der Waals surface area contributed by atoms with Crippen LogP contribution in [0.25, 0.3) is 5.69 Å². The fourth-order valence-electron chi connectivity index (χ4n) is 3.09. The van der Waals surface area contributed by atoms with Crippen molar-refractivity contribution < 1.29 is 4.74 Å². The third kappa shape index (κ3) is 3.51. The summed E-state index contributed by atoms with van der Waals surface area (Å²) in [7, 11) is 1.65. The average Bonchev–Trinajstić information content (AvgIpc) is 3.43. The third-order valence-electron chi connectivity index (χ3n) is 4.74. The zero-order valence-electron chi connectivity index (χ0n) is 16.1. The van der Waals surface area contributed by atoms with Gasteiger partial charge >= 0.3 is 0 Å². The van der Waals surface area contributed by atoms with Gasteiger partial charge < -0.3 is 4.74 Å². The molecule has 3 aromatic heterocycles. The Morgan fingerprint density at radius 3 is 2.71 bits per heavy atom. The summed E-state index contributed by atoms with van der Waals surface area (Å²) in [6.07, 6.45) is 4.63. The van der Waals surface area contributed by atoms with E-state index < -0.39 is 0 Å². The first-order chi connectivity index (χ1) is 13.7. The van der Waals surface area contributed by atoms with Crippen LogP contribution < -0.4 is 4.74 Å². The van der Waals surface area contributed by atoms with Gasteiger partial charge in [-0.25, -0.2) is 19.3 Å². The van der Waals surface area contributed by atoms with Crippen molar-refractivity contribution in [3.63, 3.8) is 0 Å². The molecule has 0 radical (unpaired) electrons. The molecule has 0 aliphatic heterocycles. The molecule has 0 spiro atoms. The molecule has 3 heterocycles. The Hall–Kier alpha value is -3.49. The molecule has 9 nitrogen and oxygen atoms in total. The van der Waals surface area contributed by atoms with Crippen molar-refractivity contribution in [2.24, 2.45) is 0 Å². The number of benzene rings is 1. The zero-order chi connectivity index (χ0) is 19.5. The highest BCUT2D eigenvalue weighted by Crippen LogP contribution is 2.23. The van der Waals surface area contributed by atoms with Crippen LogP contribution in [0.3, 0.4) is 0 Å². The number of nitrogens with zero attached hydrogens (tertiary/aromatic N) is 7. The van der Waals surface area contributed by atoms with Crippen LogP contribution in [0.4, 0.5) is 0 Å². The second kappa shape index (κ2) is 7.63. The van der Waals surface area contributed by atoms with E-state index in [0.717, 1.165) is 35.1 Å². The van der Waals surface area contributed by atoms with Gasteiger partial charge in [-0.3, -0.25) is 5.10 Å². The van der Waals surface area contributed by atoms with Crippen molar-refractivity contribution in [3.05, 3.63) is 65.5 Å². The quantitative estimate of drug-likeness (QED) is 0.528. The van der Waals surface area contributed by atoms with Gasteiger partial charge in [0.25, 0.3) is 0 Å². The number of para-hydroxylation sites is 2. The number of hydrogen-bond donors (Lipinski definition) is 1. The summed E-state index contributed by atoms with van der Waals surface area (Å²) in [5.74, 6) is 2.26. The number of hydrogen-bond acceptors (Lipinski definition) is 6. The van der Waals surface area contributed by atoms with Crippen molar-refractivity contribution in [1.82, 2.24) is 39.7 Å². The summed E-state index contributed by atoms with van der Waals surface area (Å²) in [5.41, 5.74) is 4.18. The van der Waals surface area contributed by atoms with Crippen molar-refractivity contribution >= 4 is 0 Å². The van der Waals surface area contributed by atoms with Crippen molar-refractivity contribution in [3.8, 4) is 11.4 Å². The average molecular weight is 378 g/mol. The molecule has 0 saturated heterocycles. The van der Waals surface area contributed by atoms with Gasteiger partial charge in [-0.05, 0) is 38.0 Å². The van der Waals surface area contributed by atoms with E-state index in [1.807, 2.05) is 35.9 Å². The number of rotatable bonds is 7. The van der Waals surface area contributed by atoms with Gasteiger partial charge in [0.2, 0.25) is 0 Å². The first-order valence-electron chi connectivity index (χ1n) is 9.06. The minimum Gasteiger partial charge on any atom is -0.494 e. The molecule has 0 saturated carbocycles. The first-order valence-corrected chi connectivity index (χ1v) is 9.06. The molecule has 1 aromatic carbocycles. The lowest BCUT2D eigenvalue weighted by Crippen LogP contribution is -2.07. The fraction of sp³-hybridized carbons (Fsp3) is 0.316. The Morgan fingerprint density at radius 2 is 2.00 bits per heavy atom. The van der Waals surface area contributed by atoms with E-state index in [9.17, 15) is 0 Å². The maximum atomic E-state index is 5.52. The van der Waals surface area contributed by atoms with Crippen LogP contribution in [0.15, 0.2) is 36.9 Å². The summed E-state index contributed by atoms with van der Waals surface area (Å²) in [6, 6.07) is 7.78. The highest BCUT2D eigenvalue weighted by molar-refractivity contribution is 5.46. The number of aromatic nitrogens is 8. The van der Waals surface area contributed by atoms with E-state index in [-0.39, 0.29) is 0 Å². The molecule has 4 aromatic rings. The summed E-state index contributed by atoms with van der Waals surface area (Å²) in [4.78, 5) is 8.74. The van der Waals surface area contributed by atoms with E-state index in [1.165, 1.54) is 11.9 Å². The number of methoxy groups -OCH3 is 1. The molecule has 28 heavy (non-hydrogen) atoms. The lowest BCUT2D eigenvalue weighted by atomic mass is 10.1. The van der Waals surface area contributed by atoms with Crippen molar-refractivity contribution in [1.29, 1.82) is 0 Å². The van der Waals surface area contributed by atoms with Crippen molar-refractivity contribution in [2.75, 3.05) is 7.11 Å². The standard InChI is InChI=1S/C19H22N8O/c1-13-14(2)23-24-15(13)8-9-19-22-18(10-26-12-20-11-21-26)25-27(19)16-6-4-5-7-17(16)28-3/h4-7,11-12H,8-10H2,1-3H3,(H,23,24). The Morgan fingerprint density at radius 1 is 1.14 bits per heavy atom. The second-order valence-corrected chi connectivity index (χ2v) is 6.54. The summed E-state index contributed by atoms with van der Waals surface area (Å²) in [5, 5.41) is 16.3. The van der Waals surface area contributed by atoms with Gasteiger partial charge in [0.1, 0.15) is 36.5 Å². The molecule has 0 fully saturated rings. The highest BCUT2D eigenvalue weighted by Gasteiger charge is 2.16. The summed E-state index contributed by atoms with van der Waals surface area (Å²) in [6.45, 7) is 4.56. The van der Waals surface area contributed by atoms with Crippen LogP contribution in [-0.4, -0.2) is 46.8 Å². The molecule has 0 aliphatic rings. The lowest BCUT2D eigenvalue weighted by Gasteiger charge is -2.10. The van der Waals surface area contributed by atoms with Crippen LogP contribution in [-0.2, 0) is 19.4 Å². The van der Waals surface area contributed by atoms with Gasteiger partial charge in [0, 0.05) is 12.1 Å². The molecule has 0 aliphatic carbocycles. The van der Waals surface area contributed by atoms with Gasteiger partial charge in [-0.15, -0.1) is 5.10 Å². The largest absolute Gasteiger partial charge is 0.494 e. The molecule has 1 N–H and O–H groups in total. The topological polar surface area (TPSA) is 99.3 Å². The Labute approximate surface area is 162 Å². The highest BCUT2D eigenvalue weighted by atomic mass is 16.5. The van der Waals surface area contributed by atoms with Crippen molar-refractivity contribution in [2.45, 2.75) is 33.2 Å². The second-order valence-electron chi connectivity index (χ2n) is 6.54. The molecule has 0 atom stereocenters. The summed E-state index contributed by atoms with van der Waals surface area (Å²) >= 11 is 0. The minimum atomic E-state index is 0.454. The van der Waals surface area contributed by atoms with Gasteiger partial charge in [-0.2, -0.15) is 10.2 Å². The normalized spacial score (nSPS) is 11.1. The lowest BCUT2D eigenvalue weighted by molar-refractivity contribution is 0.411. The number of ether oxygens (including phenoxy) is 1. The molecule has 4 rings (SSSR count). The molecular weight excluding hydrogens is 356 g/mol. The SMILES string of the molecule is COc1ccccc1-n1nc(Cn2cncn2)nc1CCc1n[nH]c(C)c1C. The van der Waals surface area contributed by atoms with E-state index in [4.69, 9.17) is 14.8 Å². The van der Waals surface area contributed by atoms with Crippen LogP contribution >= 0.6 is 0 Å². The molecule has 0 amide bonds. The van der Waals surface area contributed by atoms with Crippen LogP contribution in [0, 0.1) is 13.8 Å². The van der Waals surface area contributed by atoms with Crippen LogP contribution in [0.2, 0.25) is 0 Å². The number of H-pyrrole nitrogens is 1. The fourth-order valence-corrected chi connectivity index (χ4v) is 3.09. The Kier molecular flexibility index (Phi) is 4.88. The predicted molar refractivity (Wildman–Crippen MR) is 103 cm³/mol. The van der Waals surface area contributed by atoms with Crippen LogP contribution in [0.1, 0.15) is 28.6 Å². The van der Waals surface area contributed by atoms with Gasteiger partial charge in [0.15, 0.2) is 5.82 Å². The summed E-state index contributed by atoms with van der Waals surface area (Å²) < 4.78 is 9.07. The molecule has 0 unspecified atom stereocenters.